The SMILES string of the molecule is c1ccn(-c2ccncc2)c1. The number of hydrogen-bond donors (Lipinski definition) is 0. The van der Waals surface area contributed by atoms with Crippen LogP contribution >= 0.6 is 0 Å². The van der Waals surface area contributed by atoms with Gasteiger partial charge in [0.15, 0.2) is 0 Å². The highest BCUT2D eigenvalue weighted by molar-refractivity contribution is 5.29. The van der Waals surface area contributed by atoms with Crippen LogP contribution in [0.2, 0.25) is 0 Å². The van der Waals surface area contributed by atoms with Gasteiger partial charge in [0.25, 0.3) is 0 Å². The van der Waals surface area contributed by atoms with Gasteiger partial charge in [-0.15, -0.1) is 0 Å². The molecule has 2 nitrogen and oxygen atoms in total. The van der Waals surface area contributed by atoms with Crippen molar-refractivity contribution in [2.24, 2.45) is 0 Å². The van der Waals surface area contributed by atoms with Crippen molar-refractivity contribution in [3.63, 3.8) is 0 Å². The lowest BCUT2D eigenvalue weighted by atomic mass is 10.4. The van der Waals surface area contributed by atoms with Crippen LogP contribution in [0.1, 0.15) is 0 Å². The fourth-order valence-electron chi connectivity index (χ4n) is 1.02. The molecule has 0 amide bonds. The summed E-state index contributed by atoms with van der Waals surface area (Å²) in [5, 5.41) is 0. The van der Waals surface area contributed by atoms with Gasteiger partial charge < -0.3 is 4.57 Å². The molecule has 54 valence electrons. The summed E-state index contributed by atoms with van der Waals surface area (Å²) in [4.78, 5) is 3.94. The molecule has 0 radical (unpaired) electrons. The number of nitrogens with zero attached hydrogens (tertiary/aromatic N) is 2. The summed E-state index contributed by atoms with van der Waals surface area (Å²) in [5.74, 6) is 0. The van der Waals surface area contributed by atoms with Gasteiger partial charge in [0, 0.05) is 30.5 Å². The molecule has 0 N–H and O–H groups in total. The smallest absolute Gasteiger partial charge is 0.0479 e. The maximum atomic E-state index is 3.94. The summed E-state index contributed by atoms with van der Waals surface area (Å²) in [6, 6.07) is 7.95. The molecule has 0 saturated carbocycles. The van der Waals surface area contributed by atoms with Gasteiger partial charge in [-0.3, -0.25) is 4.98 Å². The molecule has 0 aliphatic rings. The molecule has 0 spiro atoms. The minimum absolute atomic E-state index is 1.14. The zero-order valence-corrected chi connectivity index (χ0v) is 6.01. The molecule has 0 atom stereocenters. The first-order valence-electron chi connectivity index (χ1n) is 3.50. The van der Waals surface area contributed by atoms with E-state index in [1.54, 1.807) is 12.4 Å². The van der Waals surface area contributed by atoms with E-state index in [1.165, 1.54) is 0 Å². The van der Waals surface area contributed by atoms with Crippen LogP contribution < -0.4 is 0 Å². The van der Waals surface area contributed by atoms with E-state index in [0.29, 0.717) is 0 Å². The Morgan fingerprint density at radius 3 is 2.27 bits per heavy atom. The third-order valence-electron chi connectivity index (χ3n) is 1.57. The molecule has 2 heteroatoms. The Balaban J connectivity index is 2.46. The Bertz CT molecular complexity index is 311. The van der Waals surface area contributed by atoms with Crippen molar-refractivity contribution < 1.29 is 0 Å². The van der Waals surface area contributed by atoms with E-state index in [-0.39, 0.29) is 0 Å². The monoisotopic (exact) mass is 144 g/mol. The van der Waals surface area contributed by atoms with Gasteiger partial charge in [-0.1, -0.05) is 0 Å². The maximum Gasteiger partial charge on any atom is 0.0479 e. The third-order valence-corrected chi connectivity index (χ3v) is 1.57. The highest BCUT2D eigenvalue weighted by atomic mass is 14.9. The van der Waals surface area contributed by atoms with Crippen molar-refractivity contribution in [3.8, 4) is 5.69 Å². The second kappa shape index (κ2) is 2.58. The normalized spacial score (nSPS) is 9.82. The standard InChI is InChI=1S/C9H8N2/c1-2-8-11(7-1)9-3-5-10-6-4-9/h1-8H. The molecule has 2 heterocycles. The van der Waals surface area contributed by atoms with E-state index < -0.39 is 0 Å². The van der Waals surface area contributed by atoms with Crippen molar-refractivity contribution in [1.29, 1.82) is 0 Å². The van der Waals surface area contributed by atoms with E-state index in [4.69, 9.17) is 0 Å². The molecule has 0 saturated heterocycles. The van der Waals surface area contributed by atoms with E-state index >= 15 is 0 Å². The first kappa shape index (κ1) is 6.16. The fourth-order valence-corrected chi connectivity index (χ4v) is 1.02. The first-order chi connectivity index (χ1) is 5.47. The summed E-state index contributed by atoms with van der Waals surface area (Å²) < 4.78 is 2.04. The molecule has 2 aromatic heterocycles. The average molecular weight is 144 g/mol. The Labute approximate surface area is 65.1 Å². The second-order valence-electron chi connectivity index (χ2n) is 2.30. The fraction of sp³-hybridized carbons (Fsp3) is 0. The van der Waals surface area contributed by atoms with Crippen molar-refractivity contribution in [2.45, 2.75) is 0 Å². The number of aromatic nitrogens is 2. The van der Waals surface area contributed by atoms with Crippen LogP contribution in [0, 0.1) is 0 Å². The highest BCUT2D eigenvalue weighted by Crippen LogP contribution is 2.04. The minimum Gasteiger partial charge on any atom is -0.324 e. The quantitative estimate of drug-likeness (QED) is 0.597. The Hall–Kier alpha value is -1.57. The number of rotatable bonds is 1. The van der Waals surface area contributed by atoms with Crippen LogP contribution in [0.4, 0.5) is 0 Å². The predicted molar refractivity (Wildman–Crippen MR) is 43.6 cm³/mol. The lowest BCUT2D eigenvalue weighted by Crippen LogP contribution is -1.87. The molecule has 0 fully saturated rings. The van der Waals surface area contributed by atoms with Gasteiger partial charge in [-0.2, -0.15) is 0 Å². The Morgan fingerprint density at radius 2 is 1.64 bits per heavy atom. The molecule has 2 rings (SSSR count). The summed E-state index contributed by atoms with van der Waals surface area (Å²) in [6.45, 7) is 0. The van der Waals surface area contributed by atoms with Gasteiger partial charge >= 0.3 is 0 Å². The maximum absolute atomic E-state index is 3.94. The lowest BCUT2D eigenvalue weighted by Gasteiger charge is -1.99. The molecule has 2 aromatic rings. The van der Waals surface area contributed by atoms with E-state index in [2.05, 4.69) is 4.98 Å². The van der Waals surface area contributed by atoms with Crippen LogP contribution in [0.5, 0.6) is 0 Å². The summed E-state index contributed by atoms with van der Waals surface area (Å²) in [5.41, 5.74) is 1.14. The highest BCUT2D eigenvalue weighted by Gasteiger charge is 1.89. The second-order valence-corrected chi connectivity index (χ2v) is 2.30. The van der Waals surface area contributed by atoms with Gasteiger partial charge in [-0.05, 0) is 24.3 Å². The van der Waals surface area contributed by atoms with Crippen LogP contribution in [-0.2, 0) is 0 Å². The van der Waals surface area contributed by atoms with E-state index in [9.17, 15) is 0 Å². The average Bonchev–Trinajstić information content (AvgIpc) is 2.58. The molecule has 0 aromatic carbocycles. The summed E-state index contributed by atoms with van der Waals surface area (Å²) >= 11 is 0. The first-order valence-corrected chi connectivity index (χ1v) is 3.50. The van der Waals surface area contributed by atoms with Crippen LogP contribution in [0.25, 0.3) is 5.69 Å². The molecule has 0 aliphatic carbocycles. The van der Waals surface area contributed by atoms with Crippen molar-refractivity contribution in [3.05, 3.63) is 49.1 Å². The van der Waals surface area contributed by atoms with Crippen molar-refractivity contribution in [2.75, 3.05) is 0 Å². The Morgan fingerprint density at radius 1 is 1.00 bits per heavy atom. The molecular formula is C9H8N2. The topological polar surface area (TPSA) is 17.8 Å². The zero-order valence-electron chi connectivity index (χ0n) is 6.01. The molecule has 0 bridgehead atoms. The van der Waals surface area contributed by atoms with Gasteiger partial charge in [-0.25, -0.2) is 0 Å². The zero-order chi connectivity index (χ0) is 7.52. The number of pyridine rings is 1. The summed E-state index contributed by atoms with van der Waals surface area (Å²) in [7, 11) is 0. The number of hydrogen-bond acceptors (Lipinski definition) is 1. The predicted octanol–water partition coefficient (Wildman–Crippen LogP) is 1.87. The van der Waals surface area contributed by atoms with Gasteiger partial charge in [0.05, 0.1) is 0 Å². The largest absolute Gasteiger partial charge is 0.324 e. The van der Waals surface area contributed by atoms with Crippen molar-refractivity contribution in [1.82, 2.24) is 9.55 Å². The third kappa shape index (κ3) is 1.15. The molecule has 0 aliphatic heterocycles. The minimum atomic E-state index is 1.14. The van der Waals surface area contributed by atoms with Crippen LogP contribution in [-0.4, -0.2) is 9.55 Å². The molecule has 11 heavy (non-hydrogen) atoms. The molecular weight excluding hydrogens is 136 g/mol. The van der Waals surface area contributed by atoms with E-state index in [0.717, 1.165) is 5.69 Å². The van der Waals surface area contributed by atoms with Gasteiger partial charge in [0.1, 0.15) is 0 Å². The van der Waals surface area contributed by atoms with Crippen molar-refractivity contribution >= 4 is 0 Å². The lowest BCUT2D eigenvalue weighted by molar-refractivity contribution is 1.07. The van der Waals surface area contributed by atoms with Gasteiger partial charge in [0.2, 0.25) is 0 Å². The summed E-state index contributed by atoms with van der Waals surface area (Å²) in [6.07, 6.45) is 7.59. The van der Waals surface area contributed by atoms with E-state index in [1.807, 2.05) is 41.2 Å². The Kier molecular flexibility index (Phi) is 1.44. The molecule has 0 unspecified atom stereocenters. The van der Waals surface area contributed by atoms with Crippen LogP contribution in [0.15, 0.2) is 49.1 Å². The van der Waals surface area contributed by atoms with Crippen LogP contribution in [0.3, 0.4) is 0 Å².